The summed E-state index contributed by atoms with van der Waals surface area (Å²) >= 11 is 5.06. The zero-order valence-corrected chi connectivity index (χ0v) is 12.0. The number of aromatic nitrogens is 1. The monoisotopic (exact) mass is 326 g/mol. The third-order valence-corrected chi connectivity index (χ3v) is 4.01. The fraction of sp³-hybridized carbons (Fsp3) is 0.167. The maximum absolute atomic E-state index is 10.9. The van der Waals surface area contributed by atoms with E-state index < -0.39 is 5.97 Å². The van der Waals surface area contributed by atoms with Gasteiger partial charge in [-0.25, -0.2) is 9.78 Å². The number of thiophene rings is 1. The molecule has 2 rings (SSSR count). The Balaban J connectivity index is 2.06. The Hall–Kier alpha value is -1.40. The van der Waals surface area contributed by atoms with Crippen molar-refractivity contribution in [2.45, 2.75) is 13.5 Å². The van der Waals surface area contributed by atoms with Gasteiger partial charge < -0.3 is 10.4 Å². The molecule has 0 atom stereocenters. The van der Waals surface area contributed by atoms with Crippen LogP contribution in [0.3, 0.4) is 0 Å². The van der Waals surface area contributed by atoms with Gasteiger partial charge >= 0.3 is 5.97 Å². The first-order chi connectivity index (χ1) is 8.56. The summed E-state index contributed by atoms with van der Waals surface area (Å²) in [6.45, 7) is 2.37. The fourth-order valence-corrected chi connectivity index (χ4v) is 2.93. The van der Waals surface area contributed by atoms with Crippen LogP contribution in [0.2, 0.25) is 0 Å². The SMILES string of the molecule is Cc1nc(NCc2ccc(Br)s2)ccc1C(=O)O. The molecule has 94 valence electrons. The second-order valence-electron chi connectivity index (χ2n) is 3.69. The van der Waals surface area contributed by atoms with Crippen LogP contribution in [-0.2, 0) is 6.54 Å². The Kier molecular flexibility index (Phi) is 3.98. The van der Waals surface area contributed by atoms with E-state index in [-0.39, 0.29) is 5.56 Å². The van der Waals surface area contributed by atoms with Gasteiger partial charge in [-0.05, 0) is 47.1 Å². The molecule has 0 bridgehead atoms. The summed E-state index contributed by atoms with van der Waals surface area (Å²) in [5.41, 5.74) is 0.749. The van der Waals surface area contributed by atoms with Gasteiger partial charge in [-0.3, -0.25) is 0 Å². The summed E-state index contributed by atoms with van der Waals surface area (Å²) in [5, 5.41) is 12.1. The molecule has 0 saturated heterocycles. The van der Waals surface area contributed by atoms with Gasteiger partial charge in [-0.2, -0.15) is 0 Å². The molecule has 6 heteroatoms. The van der Waals surface area contributed by atoms with Crippen molar-refractivity contribution in [3.05, 3.63) is 44.2 Å². The third kappa shape index (κ3) is 3.08. The first-order valence-corrected chi connectivity index (χ1v) is 6.86. The maximum Gasteiger partial charge on any atom is 0.337 e. The smallest absolute Gasteiger partial charge is 0.337 e. The average Bonchev–Trinajstić information content (AvgIpc) is 2.72. The topological polar surface area (TPSA) is 62.2 Å². The van der Waals surface area contributed by atoms with Crippen LogP contribution in [-0.4, -0.2) is 16.1 Å². The van der Waals surface area contributed by atoms with Crippen molar-refractivity contribution >= 4 is 39.1 Å². The molecule has 2 aromatic heterocycles. The van der Waals surface area contributed by atoms with Gasteiger partial charge in [-0.1, -0.05) is 0 Å². The minimum atomic E-state index is -0.950. The molecule has 0 aromatic carbocycles. The molecule has 2 aromatic rings. The molecule has 0 aliphatic carbocycles. The number of halogens is 1. The maximum atomic E-state index is 10.9. The number of rotatable bonds is 4. The second-order valence-corrected chi connectivity index (χ2v) is 6.24. The second kappa shape index (κ2) is 5.49. The fourth-order valence-electron chi connectivity index (χ4n) is 1.51. The molecule has 0 spiro atoms. The first kappa shape index (κ1) is 13.0. The van der Waals surface area contributed by atoms with Crippen LogP contribution < -0.4 is 5.32 Å². The Morgan fingerprint density at radius 3 is 2.78 bits per heavy atom. The van der Waals surface area contributed by atoms with E-state index in [1.165, 1.54) is 4.88 Å². The highest BCUT2D eigenvalue weighted by molar-refractivity contribution is 9.11. The van der Waals surface area contributed by atoms with Crippen molar-refractivity contribution in [1.82, 2.24) is 4.98 Å². The van der Waals surface area contributed by atoms with Crippen LogP contribution in [0.15, 0.2) is 28.1 Å². The average molecular weight is 327 g/mol. The highest BCUT2D eigenvalue weighted by Gasteiger charge is 2.08. The van der Waals surface area contributed by atoms with Gasteiger partial charge in [0.25, 0.3) is 0 Å². The van der Waals surface area contributed by atoms with Crippen LogP contribution in [0.25, 0.3) is 0 Å². The summed E-state index contributed by atoms with van der Waals surface area (Å²) in [7, 11) is 0. The lowest BCUT2D eigenvalue weighted by Gasteiger charge is -2.06. The number of carboxylic acid groups (broad SMARTS) is 1. The van der Waals surface area contributed by atoms with E-state index in [1.807, 2.05) is 12.1 Å². The van der Waals surface area contributed by atoms with E-state index in [0.29, 0.717) is 18.1 Å². The van der Waals surface area contributed by atoms with Gasteiger partial charge in [0.05, 0.1) is 21.6 Å². The predicted octanol–water partition coefficient (Wildman–Crippen LogP) is 3.52. The van der Waals surface area contributed by atoms with E-state index in [0.717, 1.165) is 3.79 Å². The number of nitrogens with zero attached hydrogens (tertiary/aromatic N) is 1. The van der Waals surface area contributed by atoms with Gasteiger partial charge in [0.15, 0.2) is 0 Å². The number of pyridine rings is 1. The van der Waals surface area contributed by atoms with Crippen molar-refractivity contribution in [3.8, 4) is 0 Å². The van der Waals surface area contributed by atoms with E-state index in [4.69, 9.17) is 5.11 Å². The molecule has 2 N–H and O–H groups in total. The largest absolute Gasteiger partial charge is 0.478 e. The van der Waals surface area contributed by atoms with Gasteiger partial charge in [-0.15, -0.1) is 11.3 Å². The number of nitrogens with one attached hydrogen (secondary N) is 1. The Morgan fingerprint density at radius 2 is 2.22 bits per heavy atom. The first-order valence-electron chi connectivity index (χ1n) is 5.25. The van der Waals surface area contributed by atoms with E-state index in [1.54, 1.807) is 30.4 Å². The van der Waals surface area contributed by atoms with Crippen LogP contribution in [0.4, 0.5) is 5.82 Å². The quantitative estimate of drug-likeness (QED) is 0.902. The normalized spacial score (nSPS) is 10.3. The molecule has 0 unspecified atom stereocenters. The summed E-state index contributed by atoms with van der Waals surface area (Å²) in [6, 6.07) is 7.27. The number of hydrogen-bond donors (Lipinski definition) is 2. The van der Waals surface area contributed by atoms with E-state index in [9.17, 15) is 4.79 Å². The van der Waals surface area contributed by atoms with Crippen molar-refractivity contribution in [1.29, 1.82) is 0 Å². The summed E-state index contributed by atoms with van der Waals surface area (Å²) < 4.78 is 1.09. The Morgan fingerprint density at radius 1 is 1.44 bits per heavy atom. The summed E-state index contributed by atoms with van der Waals surface area (Å²) in [4.78, 5) is 16.3. The lowest BCUT2D eigenvalue weighted by atomic mass is 10.2. The minimum absolute atomic E-state index is 0.236. The molecule has 0 radical (unpaired) electrons. The van der Waals surface area contributed by atoms with Gasteiger partial charge in [0, 0.05) is 4.88 Å². The van der Waals surface area contributed by atoms with Gasteiger partial charge in [0.1, 0.15) is 5.82 Å². The molecule has 0 aliphatic rings. The number of anilines is 1. The number of aromatic carboxylic acids is 1. The number of hydrogen-bond acceptors (Lipinski definition) is 4. The summed E-state index contributed by atoms with van der Waals surface area (Å²) in [5.74, 6) is -0.268. The number of carbonyl (C=O) groups is 1. The van der Waals surface area contributed by atoms with E-state index in [2.05, 4.69) is 26.2 Å². The molecule has 0 aliphatic heterocycles. The molecule has 0 fully saturated rings. The Bertz CT molecular complexity index is 583. The Labute approximate surface area is 117 Å². The third-order valence-electron chi connectivity index (χ3n) is 2.39. The molecule has 0 amide bonds. The van der Waals surface area contributed by atoms with Crippen LogP contribution in [0.1, 0.15) is 20.9 Å². The molecule has 4 nitrogen and oxygen atoms in total. The molecule has 2 heterocycles. The molecule has 0 saturated carbocycles. The lowest BCUT2D eigenvalue weighted by Crippen LogP contribution is -2.05. The van der Waals surface area contributed by atoms with Crippen molar-refractivity contribution in [3.63, 3.8) is 0 Å². The zero-order valence-electron chi connectivity index (χ0n) is 9.61. The lowest BCUT2D eigenvalue weighted by molar-refractivity contribution is 0.0695. The van der Waals surface area contributed by atoms with Gasteiger partial charge in [0.2, 0.25) is 0 Å². The van der Waals surface area contributed by atoms with Crippen LogP contribution in [0.5, 0.6) is 0 Å². The molecular weight excluding hydrogens is 316 g/mol. The zero-order chi connectivity index (χ0) is 13.1. The van der Waals surface area contributed by atoms with Crippen LogP contribution >= 0.6 is 27.3 Å². The standard InChI is InChI=1S/C12H11BrN2O2S/c1-7-9(12(16)17)3-5-11(15-7)14-6-8-2-4-10(13)18-8/h2-5H,6H2,1H3,(H,14,15)(H,16,17). The number of carboxylic acids is 1. The summed E-state index contributed by atoms with van der Waals surface area (Å²) in [6.07, 6.45) is 0. The minimum Gasteiger partial charge on any atom is -0.478 e. The highest BCUT2D eigenvalue weighted by Crippen LogP contribution is 2.22. The number of aryl methyl sites for hydroxylation is 1. The van der Waals surface area contributed by atoms with Crippen LogP contribution in [0, 0.1) is 6.92 Å². The van der Waals surface area contributed by atoms with Crippen molar-refractivity contribution in [2.24, 2.45) is 0 Å². The van der Waals surface area contributed by atoms with Crippen molar-refractivity contribution < 1.29 is 9.90 Å². The highest BCUT2D eigenvalue weighted by atomic mass is 79.9. The molecular formula is C12H11BrN2O2S. The molecule has 18 heavy (non-hydrogen) atoms. The van der Waals surface area contributed by atoms with E-state index >= 15 is 0 Å². The predicted molar refractivity (Wildman–Crippen MR) is 75.3 cm³/mol. The van der Waals surface area contributed by atoms with Crippen molar-refractivity contribution in [2.75, 3.05) is 5.32 Å².